The van der Waals surface area contributed by atoms with Gasteiger partial charge in [0, 0.05) is 17.7 Å². The normalized spacial score (nSPS) is 10.5. The third-order valence-corrected chi connectivity index (χ3v) is 4.52. The number of carbonyl (C=O) groups excluding carboxylic acids is 1. The SMILES string of the molecule is COc1ccc(NC(=O)c2ccccc2-n2cnnn2)cc1Cc1ccccc1. The molecule has 1 N–H and O–H groups in total. The molecule has 0 saturated carbocycles. The number of hydrogen-bond donors (Lipinski definition) is 1. The highest BCUT2D eigenvalue weighted by atomic mass is 16.5. The van der Waals surface area contributed by atoms with E-state index in [-0.39, 0.29) is 5.91 Å². The number of methoxy groups -OCH3 is 1. The molecular weight excluding hydrogens is 366 g/mol. The highest BCUT2D eigenvalue weighted by Crippen LogP contribution is 2.26. The van der Waals surface area contributed by atoms with Gasteiger partial charge in [-0.2, -0.15) is 4.68 Å². The van der Waals surface area contributed by atoms with E-state index >= 15 is 0 Å². The van der Waals surface area contributed by atoms with Crippen molar-refractivity contribution in [2.24, 2.45) is 0 Å². The van der Waals surface area contributed by atoms with Gasteiger partial charge in [-0.05, 0) is 46.3 Å². The van der Waals surface area contributed by atoms with Gasteiger partial charge < -0.3 is 10.1 Å². The molecule has 0 fully saturated rings. The number of carbonyl (C=O) groups is 1. The highest BCUT2D eigenvalue weighted by molar-refractivity contribution is 6.06. The Labute approximate surface area is 168 Å². The monoisotopic (exact) mass is 385 g/mol. The van der Waals surface area contributed by atoms with Gasteiger partial charge in [-0.3, -0.25) is 4.79 Å². The van der Waals surface area contributed by atoms with Crippen LogP contribution in [-0.4, -0.2) is 33.2 Å². The zero-order chi connectivity index (χ0) is 20.1. The van der Waals surface area contributed by atoms with E-state index in [0.717, 1.165) is 11.3 Å². The molecule has 0 radical (unpaired) electrons. The molecule has 0 saturated heterocycles. The van der Waals surface area contributed by atoms with Crippen molar-refractivity contribution in [3.63, 3.8) is 0 Å². The Morgan fingerprint density at radius 1 is 1.03 bits per heavy atom. The van der Waals surface area contributed by atoms with Gasteiger partial charge in [0.2, 0.25) is 0 Å². The van der Waals surface area contributed by atoms with Crippen molar-refractivity contribution < 1.29 is 9.53 Å². The second kappa shape index (κ2) is 8.35. The topological polar surface area (TPSA) is 81.9 Å². The van der Waals surface area contributed by atoms with E-state index in [1.54, 1.807) is 25.3 Å². The average Bonchev–Trinajstić information content (AvgIpc) is 3.29. The molecule has 4 aromatic rings. The number of hydrogen-bond acceptors (Lipinski definition) is 5. The summed E-state index contributed by atoms with van der Waals surface area (Å²) < 4.78 is 6.95. The van der Waals surface area contributed by atoms with E-state index in [1.807, 2.05) is 42.5 Å². The minimum absolute atomic E-state index is 0.244. The van der Waals surface area contributed by atoms with Crippen molar-refractivity contribution in [1.29, 1.82) is 0 Å². The quantitative estimate of drug-likeness (QED) is 0.549. The van der Waals surface area contributed by atoms with Crippen LogP contribution < -0.4 is 10.1 Å². The molecule has 7 heteroatoms. The Morgan fingerprint density at radius 3 is 2.59 bits per heavy atom. The summed E-state index contributed by atoms with van der Waals surface area (Å²) in [6.45, 7) is 0. The fourth-order valence-corrected chi connectivity index (χ4v) is 3.15. The summed E-state index contributed by atoms with van der Waals surface area (Å²) in [4.78, 5) is 12.9. The molecule has 0 aliphatic carbocycles. The van der Waals surface area contributed by atoms with Gasteiger partial charge in [-0.15, -0.1) is 5.10 Å². The van der Waals surface area contributed by atoms with Gasteiger partial charge in [0.1, 0.15) is 12.1 Å². The number of ether oxygens (including phenoxy) is 1. The van der Waals surface area contributed by atoms with E-state index in [4.69, 9.17) is 4.74 Å². The predicted octanol–water partition coefficient (Wildman–Crippen LogP) is 3.51. The maximum Gasteiger partial charge on any atom is 0.257 e. The van der Waals surface area contributed by atoms with E-state index < -0.39 is 0 Å². The number of nitrogens with zero attached hydrogens (tertiary/aromatic N) is 4. The summed E-state index contributed by atoms with van der Waals surface area (Å²) in [5, 5.41) is 14.1. The van der Waals surface area contributed by atoms with E-state index in [2.05, 4.69) is 33.0 Å². The van der Waals surface area contributed by atoms with Crippen LogP contribution in [0.5, 0.6) is 5.75 Å². The minimum Gasteiger partial charge on any atom is -0.496 e. The molecule has 1 aromatic heterocycles. The minimum atomic E-state index is -0.244. The van der Waals surface area contributed by atoms with Gasteiger partial charge in [0.25, 0.3) is 5.91 Å². The molecule has 1 heterocycles. The molecule has 0 spiro atoms. The molecule has 1 amide bonds. The van der Waals surface area contributed by atoms with Crippen LogP contribution in [0, 0.1) is 0 Å². The van der Waals surface area contributed by atoms with Crippen LogP contribution in [0.25, 0.3) is 5.69 Å². The van der Waals surface area contributed by atoms with Crippen LogP contribution in [0.2, 0.25) is 0 Å². The van der Waals surface area contributed by atoms with Crippen molar-refractivity contribution >= 4 is 11.6 Å². The molecule has 0 bridgehead atoms. The maximum atomic E-state index is 12.9. The van der Waals surface area contributed by atoms with Gasteiger partial charge >= 0.3 is 0 Å². The summed E-state index contributed by atoms with van der Waals surface area (Å²) in [6, 6.07) is 22.9. The smallest absolute Gasteiger partial charge is 0.257 e. The highest BCUT2D eigenvalue weighted by Gasteiger charge is 2.14. The van der Waals surface area contributed by atoms with Crippen molar-refractivity contribution in [2.45, 2.75) is 6.42 Å². The van der Waals surface area contributed by atoms with Gasteiger partial charge in [-0.1, -0.05) is 42.5 Å². The number of amides is 1. The first-order chi connectivity index (χ1) is 14.2. The molecule has 4 rings (SSSR count). The van der Waals surface area contributed by atoms with Gasteiger partial charge in [0.15, 0.2) is 0 Å². The first kappa shape index (κ1) is 18.4. The lowest BCUT2D eigenvalue weighted by atomic mass is 10.0. The molecule has 29 heavy (non-hydrogen) atoms. The van der Waals surface area contributed by atoms with Crippen LogP contribution in [0.3, 0.4) is 0 Å². The van der Waals surface area contributed by atoms with E-state index in [9.17, 15) is 4.79 Å². The Hall–Kier alpha value is -4.00. The van der Waals surface area contributed by atoms with Crippen LogP contribution >= 0.6 is 0 Å². The van der Waals surface area contributed by atoms with E-state index in [0.29, 0.717) is 23.4 Å². The van der Waals surface area contributed by atoms with Crippen LogP contribution in [0.4, 0.5) is 5.69 Å². The number of tetrazole rings is 1. The number of nitrogens with one attached hydrogen (secondary N) is 1. The number of anilines is 1. The number of aromatic nitrogens is 4. The van der Waals surface area contributed by atoms with Crippen LogP contribution in [-0.2, 0) is 6.42 Å². The summed E-state index contributed by atoms with van der Waals surface area (Å²) in [7, 11) is 1.64. The Bertz CT molecular complexity index is 1110. The molecule has 0 unspecified atom stereocenters. The fraction of sp³-hybridized carbons (Fsp3) is 0.0909. The number of rotatable bonds is 6. The van der Waals surface area contributed by atoms with Gasteiger partial charge in [-0.25, -0.2) is 0 Å². The first-order valence-electron chi connectivity index (χ1n) is 9.09. The lowest BCUT2D eigenvalue weighted by Gasteiger charge is -2.13. The Morgan fingerprint density at radius 2 is 1.83 bits per heavy atom. The molecule has 7 nitrogen and oxygen atoms in total. The maximum absolute atomic E-state index is 12.9. The molecule has 0 aliphatic rings. The molecular formula is C22H19N5O2. The Kier molecular flexibility index (Phi) is 5.29. The number of para-hydroxylation sites is 1. The largest absolute Gasteiger partial charge is 0.496 e. The zero-order valence-corrected chi connectivity index (χ0v) is 15.8. The Balaban J connectivity index is 1.60. The van der Waals surface area contributed by atoms with Crippen molar-refractivity contribution in [3.05, 3.63) is 95.8 Å². The van der Waals surface area contributed by atoms with Crippen LogP contribution in [0.15, 0.2) is 79.1 Å². The van der Waals surface area contributed by atoms with E-state index in [1.165, 1.54) is 16.6 Å². The number of benzene rings is 3. The predicted molar refractivity (Wildman–Crippen MR) is 109 cm³/mol. The molecule has 144 valence electrons. The second-order valence-electron chi connectivity index (χ2n) is 6.41. The average molecular weight is 385 g/mol. The van der Waals surface area contributed by atoms with Crippen molar-refractivity contribution in [1.82, 2.24) is 20.2 Å². The lowest BCUT2D eigenvalue weighted by molar-refractivity contribution is 0.102. The fourth-order valence-electron chi connectivity index (χ4n) is 3.15. The van der Waals surface area contributed by atoms with Crippen molar-refractivity contribution in [2.75, 3.05) is 12.4 Å². The summed E-state index contributed by atoms with van der Waals surface area (Å²) in [6.07, 6.45) is 2.16. The second-order valence-corrected chi connectivity index (χ2v) is 6.41. The molecule has 0 aliphatic heterocycles. The third-order valence-electron chi connectivity index (χ3n) is 4.52. The third kappa shape index (κ3) is 4.14. The first-order valence-corrected chi connectivity index (χ1v) is 9.09. The van der Waals surface area contributed by atoms with Gasteiger partial charge in [0.05, 0.1) is 18.4 Å². The standard InChI is InChI=1S/C22H19N5O2/c1-29-21-12-11-18(14-17(21)13-16-7-3-2-4-8-16)24-22(28)19-9-5-6-10-20(19)27-15-23-25-26-27/h2-12,14-15H,13H2,1H3,(H,24,28). The van der Waals surface area contributed by atoms with Crippen LogP contribution in [0.1, 0.15) is 21.5 Å². The summed E-state index contributed by atoms with van der Waals surface area (Å²) in [5.74, 6) is 0.535. The molecule has 0 atom stereocenters. The van der Waals surface area contributed by atoms with Crippen molar-refractivity contribution in [3.8, 4) is 11.4 Å². The summed E-state index contributed by atoms with van der Waals surface area (Å²) in [5.41, 5.74) is 3.92. The lowest BCUT2D eigenvalue weighted by Crippen LogP contribution is -2.15. The zero-order valence-electron chi connectivity index (χ0n) is 15.8. The molecule has 3 aromatic carbocycles. The summed E-state index contributed by atoms with van der Waals surface area (Å²) >= 11 is 0.